The van der Waals surface area contributed by atoms with Crippen molar-refractivity contribution in [2.24, 2.45) is 16.7 Å². The first-order chi connectivity index (χ1) is 10.8. The summed E-state index contributed by atoms with van der Waals surface area (Å²) >= 11 is 0. The summed E-state index contributed by atoms with van der Waals surface area (Å²) in [4.78, 5) is 0. The second-order valence-electron chi connectivity index (χ2n) is 9.40. The van der Waals surface area contributed by atoms with Gasteiger partial charge >= 0.3 is 0 Å². The van der Waals surface area contributed by atoms with E-state index in [1.807, 2.05) is 14.1 Å². The number of hydrogen-bond donors (Lipinski definition) is 1. The molecule has 1 heteroatoms. The lowest BCUT2D eigenvalue weighted by atomic mass is 9.50. The average molecular weight is 334 g/mol. The second kappa shape index (κ2) is 8.52. The summed E-state index contributed by atoms with van der Waals surface area (Å²) in [6.45, 7) is 23.7. The van der Waals surface area contributed by atoms with Crippen molar-refractivity contribution in [2.75, 3.05) is 14.1 Å². The first kappa shape index (κ1) is 23.2. The summed E-state index contributed by atoms with van der Waals surface area (Å²) in [5.74, 6) is 1.25. The van der Waals surface area contributed by atoms with Gasteiger partial charge in [0, 0.05) is 0 Å². The van der Waals surface area contributed by atoms with E-state index in [2.05, 4.69) is 98.8 Å². The van der Waals surface area contributed by atoms with Crippen molar-refractivity contribution in [3.05, 3.63) is 35.4 Å². The maximum absolute atomic E-state index is 2.75. The molecular weight excluding hydrogens is 290 g/mol. The van der Waals surface area contributed by atoms with E-state index in [1.54, 1.807) is 0 Å². The maximum atomic E-state index is 2.75. The molecule has 0 fully saturated rings. The summed E-state index contributed by atoms with van der Waals surface area (Å²) in [7, 11) is 3.75. The largest absolute Gasteiger partial charge is 0.323 e. The van der Waals surface area contributed by atoms with Gasteiger partial charge in [0.25, 0.3) is 0 Å². The average Bonchev–Trinajstić information content (AvgIpc) is 2.47. The fraction of sp³-hybridized carbons (Fsp3) is 0.739. The molecule has 0 aliphatic rings. The number of nitrogens with one attached hydrogen (secondary N) is 1. The number of hydrogen-bond acceptors (Lipinski definition) is 1. The minimum Gasteiger partial charge on any atom is -0.323 e. The van der Waals surface area contributed by atoms with Crippen LogP contribution in [0.2, 0.25) is 0 Å². The Morgan fingerprint density at radius 3 is 1.42 bits per heavy atom. The summed E-state index contributed by atoms with van der Waals surface area (Å²) in [5, 5.41) is 2.75. The predicted molar refractivity (Wildman–Crippen MR) is 111 cm³/mol. The summed E-state index contributed by atoms with van der Waals surface area (Å²) in [5.41, 5.74) is 3.48. The molecular formula is C23H43N. The highest BCUT2D eigenvalue weighted by molar-refractivity contribution is 5.32. The van der Waals surface area contributed by atoms with E-state index >= 15 is 0 Å². The molecule has 1 aromatic rings. The summed E-state index contributed by atoms with van der Waals surface area (Å²) in [6, 6.07) is 9.29. The van der Waals surface area contributed by atoms with Crippen LogP contribution >= 0.6 is 0 Å². The molecule has 1 N–H and O–H groups in total. The molecule has 1 nitrogen and oxygen atoms in total. The topological polar surface area (TPSA) is 12.0 Å². The van der Waals surface area contributed by atoms with Crippen LogP contribution in [0.25, 0.3) is 0 Å². The SMILES string of the molecule is CC(C)c1ccc(C(C)(C)C(C)(C)C(C)(C)C(C)C)cc1.CNC. The molecule has 140 valence electrons. The van der Waals surface area contributed by atoms with Crippen molar-refractivity contribution in [2.45, 2.75) is 80.6 Å². The highest BCUT2D eigenvalue weighted by atomic mass is 14.7. The van der Waals surface area contributed by atoms with Crippen LogP contribution in [-0.2, 0) is 5.41 Å². The van der Waals surface area contributed by atoms with E-state index in [9.17, 15) is 0 Å². The Balaban J connectivity index is 0.00000163. The van der Waals surface area contributed by atoms with Gasteiger partial charge in [0.05, 0.1) is 0 Å². The lowest BCUT2D eigenvalue weighted by Crippen LogP contribution is -2.49. The van der Waals surface area contributed by atoms with Crippen molar-refractivity contribution in [3.63, 3.8) is 0 Å². The van der Waals surface area contributed by atoms with Gasteiger partial charge in [0.1, 0.15) is 0 Å². The van der Waals surface area contributed by atoms with Gasteiger partial charge < -0.3 is 5.32 Å². The third kappa shape index (κ3) is 4.63. The zero-order valence-electron chi connectivity index (χ0n) is 18.5. The molecule has 0 atom stereocenters. The number of benzene rings is 1. The van der Waals surface area contributed by atoms with E-state index in [0.29, 0.717) is 11.8 Å². The van der Waals surface area contributed by atoms with Crippen molar-refractivity contribution in [1.82, 2.24) is 5.32 Å². The fourth-order valence-electron chi connectivity index (χ4n) is 3.17. The quantitative estimate of drug-likeness (QED) is 0.637. The van der Waals surface area contributed by atoms with Crippen LogP contribution in [0.4, 0.5) is 0 Å². The van der Waals surface area contributed by atoms with Gasteiger partial charge in [-0.1, -0.05) is 93.5 Å². The third-order valence-electron chi connectivity index (χ3n) is 6.92. The van der Waals surface area contributed by atoms with Gasteiger partial charge in [-0.05, 0) is 53.3 Å². The van der Waals surface area contributed by atoms with Crippen molar-refractivity contribution in [1.29, 1.82) is 0 Å². The van der Waals surface area contributed by atoms with Gasteiger partial charge in [0.15, 0.2) is 0 Å². The normalized spacial score (nSPS) is 13.1. The van der Waals surface area contributed by atoms with E-state index in [1.165, 1.54) is 11.1 Å². The van der Waals surface area contributed by atoms with Crippen LogP contribution in [0.1, 0.15) is 86.3 Å². The minimum absolute atomic E-state index is 0.135. The van der Waals surface area contributed by atoms with E-state index in [-0.39, 0.29) is 16.2 Å². The van der Waals surface area contributed by atoms with Gasteiger partial charge in [-0.15, -0.1) is 0 Å². The minimum atomic E-state index is 0.135. The van der Waals surface area contributed by atoms with Crippen molar-refractivity contribution >= 4 is 0 Å². The Hall–Kier alpha value is -0.820. The molecule has 0 spiro atoms. The Kier molecular flexibility index (Phi) is 8.23. The predicted octanol–water partition coefficient (Wildman–Crippen LogP) is 6.63. The number of rotatable bonds is 5. The van der Waals surface area contributed by atoms with Crippen LogP contribution < -0.4 is 5.32 Å². The molecule has 1 aromatic carbocycles. The third-order valence-corrected chi connectivity index (χ3v) is 6.92. The van der Waals surface area contributed by atoms with Crippen LogP contribution in [0.5, 0.6) is 0 Å². The molecule has 0 amide bonds. The molecule has 24 heavy (non-hydrogen) atoms. The monoisotopic (exact) mass is 333 g/mol. The first-order valence-corrected chi connectivity index (χ1v) is 9.46. The molecule has 0 saturated heterocycles. The molecule has 0 heterocycles. The highest BCUT2D eigenvalue weighted by Gasteiger charge is 2.49. The van der Waals surface area contributed by atoms with E-state index in [0.717, 1.165) is 0 Å². The van der Waals surface area contributed by atoms with Gasteiger partial charge in [-0.25, -0.2) is 0 Å². The van der Waals surface area contributed by atoms with Crippen LogP contribution in [0.15, 0.2) is 24.3 Å². The Morgan fingerprint density at radius 2 is 1.12 bits per heavy atom. The van der Waals surface area contributed by atoms with Crippen LogP contribution in [0.3, 0.4) is 0 Å². The second-order valence-corrected chi connectivity index (χ2v) is 9.40. The lowest BCUT2D eigenvalue weighted by molar-refractivity contribution is -0.00744. The zero-order chi connectivity index (χ0) is 19.3. The summed E-state index contributed by atoms with van der Waals surface area (Å²) in [6.07, 6.45) is 0. The highest BCUT2D eigenvalue weighted by Crippen LogP contribution is 2.55. The maximum Gasteiger partial charge on any atom is -0.00472 e. The standard InChI is InChI=1S/C21H36.C2H7N/c1-15(2)17-11-13-18(14-12-17)20(7,8)21(9,10)19(5,6)16(3)4;1-3-2/h11-16H,1-10H3;3H,1-2H3. The molecule has 0 radical (unpaired) electrons. The van der Waals surface area contributed by atoms with Gasteiger partial charge in [-0.2, -0.15) is 0 Å². The molecule has 1 rings (SSSR count). The lowest BCUT2D eigenvalue weighted by Gasteiger charge is -2.54. The Bertz CT molecular complexity index is 475. The molecule has 0 unspecified atom stereocenters. The van der Waals surface area contributed by atoms with Crippen LogP contribution in [-0.4, -0.2) is 14.1 Å². The molecule has 0 saturated carbocycles. The zero-order valence-corrected chi connectivity index (χ0v) is 18.5. The smallest absolute Gasteiger partial charge is 0.00472 e. The van der Waals surface area contributed by atoms with Gasteiger partial charge in [-0.3, -0.25) is 0 Å². The van der Waals surface area contributed by atoms with E-state index < -0.39 is 0 Å². The van der Waals surface area contributed by atoms with Crippen molar-refractivity contribution in [3.8, 4) is 0 Å². The van der Waals surface area contributed by atoms with Gasteiger partial charge in [0.2, 0.25) is 0 Å². The van der Waals surface area contributed by atoms with Crippen molar-refractivity contribution < 1.29 is 0 Å². The Labute approximate surface area is 152 Å². The van der Waals surface area contributed by atoms with Crippen LogP contribution in [0, 0.1) is 16.7 Å². The molecule has 0 aliphatic heterocycles. The fourth-order valence-corrected chi connectivity index (χ4v) is 3.17. The Morgan fingerprint density at radius 1 is 0.750 bits per heavy atom. The summed E-state index contributed by atoms with van der Waals surface area (Å²) < 4.78 is 0. The first-order valence-electron chi connectivity index (χ1n) is 9.46. The van der Waals surface area contributed by atoms with E-state index in [4.69, 9.17) is 0 Å². The molecule has 0 aromatic heterocycles. The molecule has 0 aliphatic carbocycles. The molecule has 0 bridgehead atoms.